The maximum absolute atomic E-state index is 11.8. The van der Waals surface area contributed by atoms with Crippen molar-refractivity contribution in [3.63, 3.8) is 0 Å². The van der Waals surface area contributed by atoms with Crippen LogP contribution in [0.15, 0.2) is 11.5 Å². The molecule has 0 spiro atoms. The van der Waals surface area contributed by atoms with Crippen molar-refractivity contribution in [3.8, 4) is 0 Å². The van der Waals surface area contributed by atoms with Crippen LogP contribution in [0.1, 0.15) is 0 Å². The van der Waals surface area contributed by atoms with Crippen molar-refractivity contribution >= 4 is 17.5 Å². The lowest BCUT2D eigenvalue weighted by Crippen LogP contribution is -2.24. The number of carbonyl (C=O) groups is 1. The van der Waals surface area contributed by atoms with Crippen LogP contribution in [0.2, 0.25) is 0 Å². The highest BCUT2D eigenvalue weighted by Gasteiger charge is 2.37. The second-order valence-corrected chi connectivity index (χ2v) is 3.38. The molecule has 0 N–H and O–H groups in total. The average molecular weight is 225 g/mol. The summed E-state index contributed by atoms with van der Waals surface area (Å²) in [4.78, 5) is 10.5. The van der Waals surface area contributed by atoms with Gasteiger partial charge >= 0.3 is 6.18 Å². The first-order valence-corrected chi connectivity index (χ1v) is 4.46. The van der Waals surface area contributed by atoms with Crippen LogP contribution >= 0.6 is 11.8 Å². The third-order valence-electron chi connectivity index (χ3n) is 1.32. The molecule has 1 rings (SSSR count). The van der Waals surface area contributed by atoms with Crippen molar-refractivity contribution in [2.45, 2.75) is 11.3 Å². The Kier molecular flexibility index (Phi) is 3.14. The van der Waals surface area contributed by atoms with Gasteiger partial charge in [-0.15, -0.1) is 10.2 Å². The van der Waals surface area contributed by atoms with E-state index < -0.39 is 17.7 Å². The average Bonchev–Trinajstić information content (AvgIpc) is 2.45. The Labute approximate surface area is 81.5 Å². The molecule has 0 aliphatic carbocycles. The quantitative estimate of drug-likeness (QED) is 0.721. The number of carbonyl (C=O) groups excluding carboxylic acids is 1. The second kappa shape index (κ2) is 3.99. The number of halogens is 3. The van der Waals surface area contributed by atoms with Crippen molar-refractivity contribution in [1.82, 2.24) is 14.8 Å². The van der Waals surface area contributed by atoms with Gasteiger partial charge in [0.25, 0.3) is 0 Å². The molecule has 0 amide bonds. The van der Waals surface area contributed by atoms with Gasteiger partial charge < -0.3 is 4.57 Å². The Morgan fingerprint density at radius 1 is 1.64 bits per heavy atom. The summed E-state index contributed by atoms with van der Waals surface area (Å²) < 4.78 is 36.8. The predicted octanol–water partition coefficient (Wildman–Crippen LogP) is 1.04. The molecule has 1 aromatic rings. The number of aromatic nitrogens is 3. The molecule has 78 valence electrons. The van der Waals surface area contributed by atoms with Gasteiger partial charge in [0, 0.05) is 7.05 Å². The van der Waals surface area contributed by atoms with E-state index in [1.807, 2.05) is 0 Å². The topological polar surface area (TPSA) is 47.8 Å². The minimum Gasteiger partial charge on any atom is -0.312 e. The lowest BCUT2D eigenvalue weighted by atomic mass is 10.4. The van der Waals surface area contributed by atoms with E-state index in [-0.39, 0.29) is 5.16 Å². The van der Waals surface area contributed by atoms with Crippen molar-refractivity contribution in [2.75, 3.05) is 5.75 Å². The summed E-state index contributed by atoms with van der Waals surface area (Å²) in [6, 6.07) is 0. The number of aryl methyl sites for hydroxylation is 1. The van der Waals surface area contributed by atoms with Gasteiger partial charge in [-0.3, -0.25) is 4.79 Å². The Morgan fingerprint density at radius 2 is 2.29 bits per heavy atom. The van der Waals surface area contributed by atoms with E-state index in [9.17, 15) is 18.0 Å². The van der Waals surface area contributed by atoms with Crippen LogP contribution in [-0.4, -0.2) is 32.5 Å². The highest BCUT2D eigenvalue weighted by atomic mass is 32.2. The van der Waals surface area contributed by atoms with Gasteiger partial charge in [0.15, 0.2) is 5.16 Å². The molecule has 0 bridgehead atoms. The number of ketones is 1. The van der Waals surface area contributed by atoms with Gasteiger partial charge in [-0.25, -0.2) is 0 Å². The molecule has 0 radical (unpaired) electrons. The minimum atomic E-state index is -4.77. The second-order valence-electron chi connectivity index (χ2n) is 2.43. The van der Waals surface area contributed by atoms with E-state index in [0.29, 0.717) is 11.8 Å². The molecule has 8 heteroatoms. The molecule has 0 fully saturated rings. The molecule has 14 heavy (non-hydrogen) atoms. The number of thioether (sulfide) groups is 1. The fraction of sp³-hybridized carbons (Fsp3) is 0.500. The third-order valence-corrected chi connectivity index (χ3v) is 2.35. The lowest BCUT2D eigenvalue weighted by Gasteiger charge is -2.03. The summed E-state index contributed by atoms with van der Waals surface area (Å²) in [5.41, 5.74) is 0. The number of Topliss-reactive ketones (excluding diaryl/α,β-unsaturated/α-hetero) is 1. The maximum Gasteiger partial charge on any atom is 0.450 e. The van der Waals surface area contributed by atoms with Crippen LogP contribution in [0.5, 0.6) is 0 Å². The van der Waals surface area contributed by atoms with Crippen LogP contribution < -0.4 is 0 Å². The fourth-order valence-electron chi connectivity index (χ4n) is 0.615. The van der Waals surface area contributed by atoms with E-state index in [0.717, 1.165) is 0 Å². The molecule has 0 aliphatic heterocycles. The maximum atomic E-state index is 11.8. The highest BCUT2D eigenvalue weighted by Crippen LogP contribution is 2.21. The van der Waals surface area contributed by atoms with E-state index in [4.69, 9.17) is 0 Å². The van der Waals surface area contributed by atoms with Crippen molar-refractivity contribution in [3.05, 3.63) is 6.33 Å². The van der Waals surface area contributed by atoms with Gasteiger partial charge in [0.2, 0.25) is 5.78 Å². The van der Waals surface area contributed by atoms with Crippen LogP contribution in [0.4, 0.5) is 13.2 Å². The number of nitrogens with zero attached hydrogens (tertiary/aromatic N) is 3. The number of hydrogen-bond acceptors (Lipinski definition) is 4. The predicted molar refractivity (Wildman–Crippen MR) is 42.8 cm³/mol. The Morgan fingerprint density at radius 3 is 2.71 bits per heavy atom. The van der Waals surface area contributed by atoms with E-state index >= 15 is 0 Å². The fourth-order valence-corrected chi connectivity index (χ4v) is 1.39. The molecule has 1 heterocycles. The molecule has 0 saturated heterocycles. The first kappa shape index (κ1) is 11.0. The smallest absolute Gasteiger partial charge is 0.312 e. The van der Waals surface area contributed by atoms with Crippen molar-refractivity contribution < 1.29 is 18.0 Å². The Bertz CT molecular complexity index is 335. The SMILES string of the molecule is Cn1cnnc1SCC(=O)C(F)(F)F. The number of rotatable bonds is 3. The van der Waals surface area contributed by atoms with Gasteiger partial charge in [-0.1, -0.05) is 11.8 Å². The number of hydrogen-bond donors (Lipinski definition) is 0. The molecule has 0 aliphatic rings. The molecular formula is C6H6F3N3OS. The largest absolute Gasteiger partial charge is 0.450 e. The summed E-state index contributed by atoms with van der Waals surface area (Å²) in [5.74, 6) is -2.44. The van der Waals surface area contributed by atoms with Gasteiger partial charge in [0.05, 0.1) is 5.75 Å². The molecule has 0 unspecified atom stereocenters. The normalized spacial score (nSPS) is 11.7. The zero-order valence-corrected chi connectivity index (χ0v) is 7.89. The summed E-state index contributed by atoms with van der Waals surface area (Å²) >= 11 is 0.708. The van der Waals surface area contributed by atoms with Gasteiger partial charge in [-0.05, 0) is 0 Å². The zero-order valence-electron chi connectivity index (χ0n) is 7.08. The minimum absolute atomic E-state index is 0.280. The molecule has 0 atom stereocenters. The molecule has 0 saturated carbocycles. The summed E-state index contributed by atoms with van der Waals surface area (Å²) in [6.45, 7) is 0. The van der Waals surface area contributed by atoms with E-state index in [1.54, 1.807) is 7.05 Å². The van der Waals surface area contributed by atoms with Crippen LogP contribution in [-0.2, 0) is 11.8 Å². The first-order valence-electron chi connectivity index (χ1n) is 3.48. The van der Waals surface area contributed by atoms with Gasteiger partial charge in [-0.2, -0.15) is 13.2 Å². The van der Waals surface area contributed by atoms with Gasteiger partial charge in [0.1, 0.15) is 6.33 Å². The van der Waals surface area contributed by atoms with Crippen molar-refractivity contribution in [1.29, 1.82) is 0 Å². The van der Waals surface area contributed by atoms with E-state index in [2.05, 4.69) is 10.2 Å². The van der Waals surface area contributed by atoms with E-state index in [1.165, 1.54) is 10.9 Å². The third kappa shape index (κ3) is 2.72. The van der Waals surface area contributed by atoms with Crippen molar-refractivity contribution in [2.24, 2.45) is 7.05 Å². The Hall–Kier alpha value is -1.05. The summed E-state index contributed by atoms with van der Waals surface area (Å²) in [5, 5.41) is 7.27. The van der Waals surface area contributed by atoms with Crippen LogP contribution in [0, 0.1) is 0 Å². The zero-order chi connectivity index (χ0) is 10.8. The highest BCUT2D eigenvalue weighted by molar-refractivity contribution is 7.99. The van der Waals surface area contributed by atoms with Crippen LogP contribution in [0.25, 0.3) is 0 Å². The lowest BCUT2D eigenvalue weighted by molar-refractivity contribution is -0.167. The molecule has 1 aromatic heterocycles. The first-order chi connectivity index (χ1) is 6.41. The monoisotopic (exact) mass is 225 g/mol. The molecule has 4 nitrogen and oxygen atoms in total. The summed E-state index contributed by atoms with van der Waals surface area (Å²) in [6.07, 6.45) is -3.42. The number of alkyl halides is 3. The summed E-state index contributed by atoms with van der Waals surface area (Å²) in [7, 11) is 1.58. The molecule has 0 aromatic carbocycles. The Balaban J connectivity index is 2.50. The molecular weight excluding hydrogens is 219 g/mol. The van der Waals surface area contributed by atoms with Crippen LogP contribution in [0.3, 0.4) is 0 Å². The standard InChI is InChI=1S/C6H6F3N3OS/c1-12-3-10-11-5(12)14-2-4(13)6(7,8)9/h3H,2H2,1H3.